The molecule has 1 unspecified atom stereocenters. The topological polar surface area (TPSA) is 63.4 Å². The Morgan fingerprint density at radius 2 is 1.82 bits per heavy atom. The van der Waals surface area contributed by atoms with Crippen molar-refractivity contribution in [1.82, 2.24) is 0 Å². The van der Waals surface area contributed by atoms with Crippen molar-refractivity contribution in [2.45, 2.75) is 12.5 Å². The zero-order valence-electron chi connectivity index (χ0n) is 11.8. The van der Waals surface area contributed by atoms with E-state index >= 15 is 0 Å². The lowest BCUT2D eigenvalue weighted by atomic mass is 10.1. The minimum atomic E-state index is -0.637. The van der Waals surface area contributed by atoms with E-state index in [1.807, 2.05) is 30.3 Å². The summed E-state index contributed by atoms with van der Waals surface area (Å²) in [6.07, 6.45) is 3.36. The molecular weight excluding hydrogens is 278 g/mol. The number of nitro benzene ring substituents is 1. The van der Waals surface area contributed by atoms with Crippen molar-refractivity contribution in [1.29, 1.82) is 0 Å². The van der Waals surface area contributed by atoms with Crippen LogP contribution in [0, 0.1) is 22.0 Å². The molecule has 0 aliphatic carbocycles. The van der Waals surface area contributed by atoms with Crippen LogP contribution in [-0.4, -0.2) is 10.0 Å². The van der Waals surface area contributed by atoms with Crippen LogP contribution in [0.3, 0.4) is 0 Å². The van der Waals surface area contributed by atoms with Gasteiger partial charge in [-0.3, -0.25) is 10.1 Å². The number of hydrogen-bond acceptors (Lipinski definition) is 3. The molecule has 4 heteroatoms. The van der Waals surface area contributed by atoms with Gasteiger partial charge in [-0.15, -0.1) is 0 Å². The number of nitro groups is 1. The van der Waals surface area contributed by atoms with Crippen LogP contribution >= 0.6 is 0 Å². The molecule has 1 atom stereocenters. The summed E-state index contributed by atoms with van der Waals surface area (Å²) in [5.74, 6) is 5.86. The predicted octanol–water partition coefficient (Wildman–Crippen LogP) is 3.63. The Kier molecular flexibility index (Phi) is 5.47. The molecule has 22 heavy (non-hydrogen) atoms. The Labute approximate surface area is 128 Å². The summed E-state index contributed by atoms with van der Waals surface area (Å²) in [7, 11) is 0. The molecule has 0 radical (unpaired) electrons. The number of aliphatic hydroxyl groups is 1. The van der Waals surface area contributed by atoms with Crippen LogP contribution in [-0.2, 0) is 0 Å². The van der Waals surface area contributed by atoms with Crippen molar-refractivity contribution < 1.29 is 10.0 Å². The van der Waals surface area contributed by atoms with Gasteiger partial charge in [0.2, 0.25) is 0 Å². The van der Waals surface area contributed by atoms with Gasteiger partial charge in [0, 0.05) is 24.1 Å². The zero-order valence-corrected chi connectivity index (χ0v) is 11.8. The maximum Gasteiger partial charge on any atom is 0.269 e. The second kappa shape index (κ2) is 7.77. The van der Waals surface area contributed by atoms with Crippen molar-refractivity contribution in [3.63, 3.8) is 0 Å². The number of non-ortho nitro benzene ring substituents is 1. The van der Waals surface area contributed by atoms with E-state index in [0.717, 1.165) is 11.1 Å². The fraction of sp³-hybridized carbons (Fsp3) is 0.111. The highest BCUT2D eigenvalue weighted by Gasteiger charge is 2.02. The van der Waals surface area contributed by atoms with Crippen LogP contribution in [0.2, 0.25) is 0 Å². The molecule has 0 amide bonds. The fourth-order valence-corrected chi connectivity index (χ4v) is 1.84. The predicted molar refractivity (Wildman–Crippen MR) is 85.1 cm³/mol. The van der Waals surface area contributed by atoms with Gasteiger partial charge in [0.15, 0.2) is 0 Å². The van der Waals surface area contributed by atoms with Crippen molar-refractivity contribution in [2.24, 2.45) is 0 Å². The quantitative estimate of drug-likeness (QED) is 0.405. The summed E-state index contributed by atoms with van der Waals surface area (Å²) >= 11 is 0. The first-order chi connectivity index (χ1) is 10.7. The van der Waals surface area contributed by atoms with Gasteiger partial charge in [-0.2, -0.15) is 0 Å². The molecule has 1 N–H and O–H groups in total. The van der Waals surface area contributed by atoms with Gasteiger partial charge in [-0.25, -0.2) is 0 Å². The molecule has 0 bridgehead atoms. The standard InChI is InChI=1S/C18H15NO3/c20-18(16-8-4-2-5-9-16)10-6-1-3-7-15-11-13-17(14-12-15)19(21)22/h2,4-6,8-14,18,20H,1H2/b10-6+. The monoisotopic (exact) mass is 293 g/mol. The number of allylic oxidation sites excluding steroid dienone is 1. The second-order valence-corrected chi connectivity index (χ2v) is 4.59. The summed E-state index contributed by atoms with van der Waals surface area (Å²) in [5, 5.41) is 20.4. The molecule has 0 spiro atoms. The molecule has 110 valence electrons. The Balaban J connectivity index is 1.88. The molecule has 0 saturated carbocycles. The van der Waals surface area contributed by atoms with Crippen molar-refractivity contribution in [3.05, 3.63) is 88.0 Å². The molecule has 0 aromatic heterocycles. The Bertz CT molecular complexity index is 709. The van der Waals surface area contributed by atoms with Crippen LogP contribution in [0.4, 0.5) is 5.69 Å². The van der Waals surface area contributed by atoms with Crippen LogP contribution in [0.15, 0.2) is 66.7 Å². The lowest BCUT2D eigenvalue weighted by Gasteiger charge is -2.04. The first-order valence-electron chi connectivity index (χ1n) is 6.80. The molecule has 0 aliphatic heterocycles. The number of rotatable bonds is 4. The third-order valence-electron chi connectivity index (χ3n) is 2.99. The van der Waals surface area contributed by atoms with E-state index in [-0.39, 0.29) is 5.69 Å². The van der Waals surface area contributed by atoms with Crippen molar-refractivity contribution in [3.8, 4) is 11.8 Å². The van der Waals surface area contributed by atoms with Gasteiger partial charge < -0.3 is 5.11 Å². The SMILES string of the molecule is O=[N+]([O-])c1ccc(C#CC/C=C/C(O)c2ccccc2)cc1. The van der Waals surface area contributed by atoms with Gasteiger partial charge in [0.25, 0.3) is 5.69 Å². The van der Waals surface area contributed by atoms with Crippen LogP contribution in [0.5, 0.6) is 0 Å². The molecule has 2 rings (SSSR count). The number of aliphatic hydroxyl groups excluding tert-OH is 1. The minimum absolute atomic E-state index is 0.0522. The fourth-order valence-electron chi connectivity index (χ4n) is 1.84. The smallest absolute Gasteiger partial charge is 0.269 e. The molecule has 4 nitrogen and oxygen atoms in total. The number of hydrogen-bond donors (Lipinski definition) is 1. The first kappa shape index (κ1) is 15.5. The third kappa shape index (κ3) is 4.58. The van der Waals surface area contributed by atoms with Crippen LogP contribution in [0.25, 0.3) is 0 Å². The van der Waals surface area contributed by atoms with E-state index in [4.69, 9.17) is 0 Å². The highest BCUT2D eigenvalue weighted by Crippen LogP contribution is 2.13. The maximum absolute atomic E-state index is 10.5. The first-order valence-corrected chi connectivity index (χ1v) is 6.80. The molecule has 0 fully saturated rings. The average molecular weight is 293 g/mol. The summed E-state index contributed by atoms with van der Waals surface area (Å²) in [4.78, 5) is 10.1. The van der Waals surface area contributed by atoms with E-state index < -0.39 is 11.0 Å². The average Bonchev–Trinajstić information content (AvgIpc) is 2.55. The summed E-state index contributed by atoms with van der Waals surface area (Å²) < 4.78 is 0. The van der Waals surface area contributed by atoms with Crippen LogP contribution in [0.1, 0.15) is 23.7 Å². The molecule has 2 aromatic carbocycles. The molecular formula is C18H15NO3. The summed E-state index contributed by atoms with van der Waals surface area (Å²) in [6, 6.07) is 15.5. The Hall–Kier alpha value is -2.90. The van der Waals surface area contributed by atoms with Gasteiger partial charge in [0.1, 0.15) is 0 Å². The lowest BCUT2D eigenvalue weighted by Crippen LogP contribution is -1.91. The summed E-state index contributed by atoms with van der Waals surface area (Å²) in [6.45, 7) is 0. The van der Waals surface area contributed by atoms with Gasteiger partial charge in [-0.05, 0) is 17.7 Å². The van der Waals surface area contributed by atoms with Gasteiger partial charge in [-0.1, -0.05) is 54.3 Å². The van der Waals surface area contributed by atoms with E-state index in [9.17, 15) is 15.2 Å². The van der Waals surface area contributed by atoms with E-state index in [0.29, 0.717) is 6.42 Å². The van der Waals surface area contributed by atoms with E-state index in [1.54, 1.807) is 24.3 Å². The maximum atomic E-state index is 10.5. The normalized spacial score (nSPS) is 11.7. The number of benzene rings is 2. The van der Waals surface area contributed by atoms with E-state index in [1.165, 1.54) is 12.1 Å². The zero-order chi connectivity index (χ0) is 15.8. The molecule has 2 aromatic rings. The highest BCUT2D eigenvalue weighted by molar-refractivity contribution is 5.41. The van der Waals surface area contributed by atoms with Crippen LogP contribution < -0.4 is 0 Å². The lowest BCUT2D eigenvalue weighted by molar-refractivity contribution is -0.384. The van der Waals surface area contributed by atoms with Gasteiger partial charge >= 0.3 is 0 Å². The van der Waals surface area contributed by atoms with E-state index in [2.05, 4.69) is 11.8 Å². The molecule has 0 saturated heterocycles. The largest absolute Gasteiger partial charge is 0.384 e. The van der Waals surface area contributed by atoms with Crippen molar-refractivity contribution in [2.75, 3.05) is 0 Å². The second-order valence-electron chi connectivity index (χ2n) is 4.59. The number of nitrogens with zero attached hydrogens (tertiary/aromatic N) is 1. The Morgan fingerprint density at radius 3 is 2.45 bits per heavy atom. The Morgan fingerprint density at radius 1 is 1.14 bits per heavy atom. The highest BCUT2D eigenvalue weighted by atomic mass is 16.6. The van der Waals surface area contributed by atoms with Crippen molar-refractivity contribution >= 4 is 5.69 Å². The third-order valence-corrected chi connectivity index (χ3v) is 2.99. The molecule has 0 aliphatic rings. The molecule has 0 heterocycles. The minimum Gasteiger partial charge on any atom is -0.384 e. The van der Waals surface area contributed by atoms with Gasteiger partial charge in [0.05, 0.1) is 11.0 Å². The summed E-state index contributed by atoms with van der Waals surface area (Å²) in [5.41, 5.74) is 1.61.